The molecule has 1 atom stereocenters. The highest BCUT2D eigenvalue weighted by atomic mass is 35.5. The molecule has 0 saturated carbocycles. The van der Waals surface area contributed by atoms with Crippen LogP contribution in [0.25, 0.3) is 10.9 Å². The molecule has 10 heteroatoms. The van der Waals surface area contributed by atoms with Gasteiger partial charge in [0.05, 0.1) is 18.1 Å². The van der Waals surface area contributed by atoms with Gasteiger partial charge >= 0.3 is 0 Å². The smallest absolute Gasteiger partial charge is 0.261 e. The van der Waals surface area contributed by atoms with E-state index in [1.165, 1.54) is 16.6 Å². The molecule has 0 spiro atoms. The van der Waals surface area contributed by atoms with Crippen LogP contribution in [0.5, 0.6) is 0 Å². The molecule has 2 aromatic heterocycles. The predicted molar refractivity (Wildman–Crippen MR) is 157 cm³/mol. The minimum atomic E-state index is -2.74. The Balaban J connectivity index is 1.49. The molecule has 1 saturated heterocycles. The Labute approximate surface area is 239 Å². The highest BCUT2D eigenvalue weighted by molar-refractivity contribution is 6.99. The van der Waals surface area contributed by atoms with E-state index in [0.29, 0.717) is 37.5 Å². The maximum absolute atomic E-state index is 14.8. The van der Waals surface area contributed by atoms with Crippen molar-refractivity contribution in [2.24, 2.45) is 0 Å². The molecular weight excluding hydrogens is 554 g/mol. The number of pyridine rings is 1. The lowest BCUT2D eigenvalue weighted by atomic mass is 10.2. The summed E-state index contributed by atoms with van der Waals surface area (Å²) in [5.74, 6) is -0.202. The van der Waals surface area contributed by atoms with Gasteiger partial charge in [-0.15, -0.1) is 0 Å². The van der Waals surface area contributed by atoms with Crippen LogP contribution in [0, 0.1) is 5.82 Å². The number of nitrogens with zero attached hydrogens (tertiary/aromatic N) is 4. The van der Waals surface area contributed by atoms with Crippen molar-refractivity contribution in [3.05, 3.63) is 83.1 Å². The van der Waals surface area contributed by atoms with Crippen LogP contribution < -0.4 is 15.3 Å². The fourth-order valence-electron chi connectivity index (χ4n) is 5.40. The topological polar surface area (TPSA) is 60.4 Å². The van der Waals surface area contributed by atoms with E-state index in [1.54, 1.807) is 0 Å². The Hall–Kier alpha value is -2.62. The largest absolute Gasteiger partial charge is 0.405 e. The van der Waals surface area contributed by atoms with Crippen LogP contribution in [-0.2, 0) is 9.16 Å². The first-order chi connectivity index (χ1) is 18.7. The van der Waals surface area contributed by atoms with Gasteiger partial charge in [0.25, 0.3) is 8.32 Å². The molecule has 1 aliphatic heterocycles. The summed E-state index contributed by atoms with van der Waals surface area (Å²) in [4.78, 5) is 14.6. The van der Waals surface area contributed by atoms with Crippen LogP contribution in [0.2, 0.25) is 15.5 Å². The van der Waals surface area contributed by atoms with Gasteiger partial charge in [0.2, 0.25) is 5.28 Å². The van der Waals surface area contributed by atoms with Gasteiger partial charge in [-0.3, -0.25) is 0 Å². The summed E-state index contributed by atoms with van der Waals surface area (Å²) < 4.78 is 28.2. The summed E-state index contributed by atoms with van der Waals surface area (Å²) in [5.41, 5.74) is 0.0512. The van der Waals surface area contributed by atoms with E-state index in [2.05, 4.69) is 89.2 Å². The number of ether oxygens (including phenoxy) is 1. The SMILES string of the molecule is CC(C)(C)[Si](OCC1CN(c2nc(Cl)nc3c(F)c(Cl)ncc23)CCCO1)(c1ccccc1)c1ccccc1. The zero-order chi connectivity index (χ0) is 27.6. The fraction of sp³-hybridized carbons (Fsp3) is 0.345. The molecule has 5 rings (SSSR count). The van der Waals surface area contributed by atoms with E-state index < -0.39 is 14.1 Å². The Morgan fingerprint density at radius 3 is 2.28 bits per heavy atom. The second kappa shape index (κ2) is 11.5. The van der Waals surface area contributed by atoms with E-state index in [9.17, 15) is 4.39 Å². The number of hydrogen-bond donors (Lipinski definition) is 0. The second-order valence-corrected chi connectivity index (χ2v) is 15.7. The number of hydrogen-bond acceptors (Lipinski definition) is 6. The summed E-state index contributed by atoms with van der Waals surface area (Å²) in [7, 11) is -2.74. The number of aromatic nitrogens is 3. The first-order valence-corrected chi connectivity index (χ1v) is 15.7. The van der Waals surface area contributed by atoms with Crippen molar-refractivity contribution in [2.45, 2.75) is 38.3 Å². The average Bonchev–Trinajstić information content (AvgIpc) is 3.17. The molecular formula is C29H31Cl2FN4O2Si. The zero-order valence-electron chi connectivity index (χ0n) is 22.2. The lowest BCUT2D eigenvalue weighted by molar-refractivity contribution is 0.0313. The van der Waals surface area contributed by atoms with Gasteiger partial charge in [0, 0.05) is 25.9 Å². The molecule has 1 unspecified atom stereocenters. The van der Waals surface area contributed by atoms with Crippen LogP contribution in [0.3, 0.4) is 0 Å². The van der Waals surface area contributed by atoms with Crippen LogP contribution >= 0.6 is 23.2 Å². The van der Waals surface area contributed by atoms with Gasteiger partial charge in [-0.2, -0.15) is 4.98 Å². The second-order valence-electron chi connectivity index (χ2n) is 10.7. The van der Waals surface area contributed by atoms with Crippen molar-refractivity contribution in [2.75, 3.05) is 31.2 Å². The molecule has 1 aliphatic rings. The van der Waals surface area contributed by atoms with Crippen molar-refractivity contribution >= 4 is 58.6 Å². The zero-order valence-corrected chi connectivity index (χ0v) is 24.7. The lowest BCUT2D eigenvalue weighted by Crippen LogP contribution is -2.67. The summed E-state index contributed by atoms with van der Waals surface area (Å²) in [6, 6.07) is 21.0. The van der Waals surface area contributed by atoms with Crippen LogP contribution in [0.15, 0.2) is 66.9 Å². The van der Waals surface area contributed by atoms with Gasteiger partial charge in [-0.1, -0.05) is 93.0 Å². The molecule has 4 aromatic rings. The van der Waals surface area contributed by atoms with E-state index in [4.69, 9.17) is 32.4 Å². The van der Waals surface area contributed by atoms with Gasteiger partial charge < -0.3 is 14.1 Å². The molecule has 2 aromatic carbocycles. The van der Waals surface area contributed by atoms with E-state index in [1.807, 2.05) is 12.1 Å². The van der Waals surface area contributed by atoms with Crippen LogP contribution in [-0.4, -0.2) is 55.7 Å². The third-order valence-corrected chi connectivity index (χ3v) is 12.6. The fourth-order valence-corrected chi connectivity index (χ4v) is 10.3. The standard InChI is InChI=1S/C29H31Cl2FN4O2Si/c1-29(2,3)39(21-11-6-4-7-12-21,22-13-8-5-9-14-22)38-19-20-18-36(15-10-16-37-20)27-23-17-33-26(30)24(32)25(23)34-28(31)35-27/h4-9,11-14,17,20H,10,15-16,18-19H2,1-3H3. The molecule has 39 heavy (non-hydrogen) atoms. The Morgan fingerprint density at radius 1 is 1.03 bits per heavy atom. The van der Waals surface area contributed by atoms with Crippen molar-refractivity contribution in [3.8, 4) is 0 Å². The van der Waals surface area contributed by atoms with Gasteiger partial charge in [-0.25, -0.2) is 14.4 Å². The summed E-state index contributed by atoms with van der Waals surface area (Å²) in [5, 5.41) is 2.42. The molecule has 0 amide bonds. The number of benzene rings is 2. The van der Waals surface area contributed by atoms with E-state index >= 15 is 0 Å². The van der Waals surface area contributed by atoms with Crippen LogP contribution in [0.4, 0.5) is 10.2 Å². The van der Waals surface area contributed by atoms with Crippen molar-refractivity contribution in [1.82, 2.24) is 15.0 Å². The molecule has 204 valence electrons. The van der Waals surface area contributed by atoms with Crippen molar-refractivity contribution < 1.29 is 13.6 Å². The molecule has 6 nitrogen and oxygen atoms in total. The lowest BCUT2D eigenvalue weighted by Gasteiger charge is -2.43. The Kier molecular flexibility index (Phi) is 8.21. The Bertz CT molecular complexity index is 1400. The number of halogens is 3. The van der Waals surface area contributed by atoms with Crippen molar-refractivity contribution in [1.29, 1.82) is 0 Å². The highest BCUT2D eigenvalue weighted by Gasteiger charge is 2.50. The Morgan fingerprint density at radius 2 is 1.67 bits per heavy atom. The van der Waals surface area contributed by atoms with Crippen molar-refractivity contribution in [3.63, 3.8) is 0 Å². The predicted octanol–water partition coefficient (Wildman–Crippen LogP) is 5.64. The third-order valence-electron chi connectivity index (χ3n) is 7.15. The third kappa shape index (κ3) is 5.54. The average molecular weight is 586 g/mol. The normalized spacial score (nSPS) is 16.9. The number of rotatable bonds is 6. The van der Waals surface area contributed by atoms with Gasteiger partial charge in [-0.05, 0) is 33.4 Å². The number of fused-ring (bicyclic) bond motifs is 1. The first kappa shape index (κ1) is 27.9. The van der Waals surface area contributed by atoms with E-state index in [-0.39, 0.29) is 27.1 Å². The quantitative estimate of drug-likeness (QED) is 0.166. The maximum Gasteiger partial charge on any atom is 0.261 e. The van der Waals surface area contributed by atoms with Gasteiger partial charge in [0.15, 0.2) is 11.0 Å². The molecule has 3 heterocycles. The molecule has 0 bridgehead atoms. The summed E-state index contributed by atoms with van der Waals surface area (Å²) in [6.07, 6.45) is 2.01. The van der Waals surface area contributed by atoms with E-state index in [0.717, 1.165) is 6.42 Å². The first-order valence-electron chi connectivity index (χ1n) is 13.0. The summed E-state index contributed by atoms with van der Waals surface area (Å²) in [6.45, 7) is 8.86. The molecule has 1 fully saturated rings. The summed E-state index contributed by atoms with van der Waals surface area (Å²) >= 11 is 12.1. The minimum absolute atomic E-state index is 0.0512. The number of anilines is 1. The highest BCUT2D eigenvalue weighted by Crippen LogP contribution is 2.37. The van der Waals surface area contributed by atoms with Gasteiger partial charge in [0.1, 0.15) is 11.3 Å². The maximum atomic E-state index is 14.8. The molecule has 0 radical (unpaired) electrons. The molecule has 0 aliphatic carbocycles. The minimum Gasteiger partial charge on any atom is -0.405 e. The van der Waals surface area contributed by atoms with Crippen LogP contribution in [0.1, 0.15) is 27.2 Å². The monoisotopic (exact) mass is 584 g/mol. The molecule has 0 N–H and O–H groups in total.